The number of carbonyl (C=O) groups excluding carboxylic acids is 1. The number of unbranched alkanes of at least 4 members (excludes halogenated alkanes) is 2. The molecule has 0 spiro atoms. The predicted octanol–water partition coefficient (Wildman–Crippen LogP) is 0.782. The molecular formula is C10H19NO4. The quantitative estimate of drug-likeness (QED) is 0.589. The van der Waals surface area contributed by atoms with Crippen molar-refractivity contribution >= 4 is 11.9 Å². The molecule has 88 valence electrons. The van der Waals surface area contributed by atoms with Crippen molar-refractivity contribution in [1.29, 1.82) is 0 Å². The number of ether oxygens (including phenoxy) is 1. The van der Waals surface area contributed by atoms with Crippen LogP contribution in [0.1, 0.15) is 32.6 Å². The highest BCUT2D eigenvalue weighted by atomic mass is 16.5. The Hall–Kier alpha value is -1.10. The Bertz CT molecular complexity index is 206. The van der Waals surface area contributed by atoms with E-state index in [2.05, 4.69) is 10.1 Å². The van der Waals surface area contributed by atoms with Crippen LogP contribution in [0.2, 0.25) is 0 Å². The SMILES string of the molecule is CCCCCC(NC(=O)COC)C(=O)O. The van der Waals surface area contributed by atoms with Crippen LogP contribution in [-0.2, 0) is 14.3 Å². The molecule has 0 fully saturated rings. The van der Waals surface area contributed by atoms with E-state index >= 15 is 0 Å². The number of carboxylic acids is 1. The van der Waals surface area contributed by atoms with Gasteiger partial charge in [0.05, 0.1) is 0 Å². The normalized spacial score (nSPS) is 12.1. The second kappa shape index (κ2) is 8.23. The largest absolute Gasteiger partial charge is 0.480 e. The Kier molecular flexibility index (Phi) is 7.62. The first-order chi connectivity index (χ1) is 7.11. The standard InChI is InChI=1S/C10H19NO4/c1-3-4-5-6-8(10(13)14)11-9(12)7-15-2/h8H,3-7H2,1-2H3,(H,11,12)(H,13,14). The molecule has 0 saturated heterocycles. The maximum Gasteiger partial charge on any atom is 0.326 e. The number of amides is 1. The molecule has 15 heavy (non-hydrogen) atoms. The molecule has 1 amide bonds. The first-order valence-corrected chi connectivity index (χ1v) is 5.13. The summed E-state index contributed by atoms with van der Waals surface area (Å²) in [6.45, 7) is 1.94. The molecule has 2 N–H and O–H groups in total. The molecule has 0 aromatic heterocycles. The molecule has 0 aromatic carbocycles. The molecule has 5 nitrogen and oxygen atoms in total. The van der Waals surface area contributed by atoms with Gasteiger partial charge in [-0.1, -0.05) is 26.2 Å². The third-order valence-corrected chi connectivity index (χ3v) is 2.01. The number of hydrogen-bond acceptors (Lipinski definition) is 3. The lowest BCUT2D eigenvalue weighted by atomic mass is 10.1. The minimum Gasteiger partial charge on any atom is -0.480 e. The van der Waals surface area contributed by atoms with Crippen molar-refractivity contribution in [3.63, 3.8) is 0 Å². The first-order valence-electron chi connectivity index (χ1n) is 5.13. The average Bonchev–Trinajstić information content (AvgIpc) is 2.16. The van der Waals surface area contributed by atoms with E-state index in [0.717, 1.165) is 19.3 Å². The van der Waals surface area contributed by atoms with Crippen LogP contribution >= 0.6 is 0 Å². The van der Waals surface area contributed by atoms with E-state index in [4.69, 9.17) is 5.11 Å². The summed E-state index contributed by atoms with van der Waals surface area (Å²) in [7, 11) is 1.40. The number of aliphatic carboxylic acids is 1. The number of hydrogen-bond donors (Lipinski definition) is 2. The molecule has 0 aromatic rings. The summed E-state index contributed by atoms with van der Waals surface area (Å²) in [6, 6.07) is -0.792. The summed E-state index contributed by atoms with van der Waals surface area (Å²) in [4.78, 5) is 21.9. The van der Waals surface area contributed by atoms with Gasteiger partial charge in [-0.05, 0) is 6.42 Å². The molecule has 0 rings (SSSR count). The summed E-state index contributed by atoms with van der Waals surface area (Å²) in [5, 5.41) is 11.2. The number of nitrogens with one attached hydrogen (secondary N) is 1. The van der Waals surface area contributed by atoms with E-state index in [1.165, 1.54) is 7.11 Å². The van der Waals surface area contributed by atoms with Gasteiger partial charge in [0.15, 0.2) is 0 Å². The molecule has 0 aliphatic heterocycles. The van der Waals surface area contributed by atoms with Crippen LogP contribution in [0.3, 0.4) is 0 Å². The second-order valence-electron chi connectivity index (χ2n) is 3.39. The Labute approximate surface area is 89.8 Å². The van der Waals surface area contributed by atoms with E-state index in [-0.39, 0.29) is 12.5 Å². The van der Waals surface area contributed by atoms with Gasteiger partial charge in [-0.3, -0.25) is 4.79 Å². The van der Waals surface area contributed by atoms with Crippen LogP contribution in [0.25, 0.3) is 0 Å². The van der Waals surface area contributed by atoms with Crippen molar-refractivity contribution in [1.82, 2.24) is 5.32 Å². The van der Waals surface area contributed by atoms with Gasteiger partial charge in [-0.2, -0.15) is 0 Å². The number of carbonyl (C=O) groups is 2. The minimum absolute atomic E-state index is 0.0996. The third-order valence-electron chi connectivity index (χ3n) is 2.01. The molecule has 0 aliphatic rings. The van der Waals surface area contributed by atoms with Gasteiger partial charge in [0, 0.05) is 7.11 Å². The molecule has 5 heteroatoms. The summed E-state index contributed by atoms with van der Waals surface area (Å²) in [6.07, 6.45) is 3.28. The predicted molar refractivity (Wildman–Crippen MR) is 55.6 cm³/mol. The Morgan fingerprint density at radius 1 is 1.40 bits per heavy atom. The van der Waals surface area contributed by atoms with Crippen molar-refractivity contribution in [2.75, 3.05) is 13.7 Å². The number of rotatable bonds is 8. The zero-order chi connectivity index (χ0) is 11.7. The fraction of sp³-hybridized carbons (Fsp3) is 0.800. The van der Waals surface area contributed by atoms with E-state index in [1.807, 2.05) is 6.92 Å². The van der Waals surface area contributed by atoms with Crippen molar-refractivity contribution in [2.45, 2.75) is 38.6 Å². The fourth-order valence-corrected chi connectivity index (χ4v) is 1.22. The molecule has 1 unspecified atom stereocenters. The van der Waals surface area contributed by atoms with Crippen molar-refractivity contribution in [3.8, 4) is 0 Å². The lowest BCUT2D eigenvalue weighted by Crippen LogP contribution is -2.42. The van der Waals surface area contributed by atoms with Gasteiger partial charge in [0.25, 0.3) is 0 Å². The number of methoxy groups -OCH3 is 1. The van der Waals surface area contributed by atoms with Gasteiger partial charge in [0.2, 0.25) is 5.91 Å². The van der Waals surface area contributed by atoms with Gasteiger partial charge in [-0.15, -0.1) is 0 Å². The maximum absolute atomic E-state index is 11.1. The van der Waals surface area contributed by atoms with Crippen molar-refractivity contribution in [3.05, 3.63) is 0 Å². The molecule has 0 aliphatic carbocycles. The molecule has 0 radical (unpaired) electrons. The van der Waals surface area contributed by atoms with Crippen molar-refractivity contribution in [2.24, 2.45) is 0 Å². The number of carboxylic acid groups (broad SMARTS) is 1. The zero-order valence-electron chi connectivity index (χ0n) is 9.28. The lowest BCUT2D eigenvalue weighted by molar-refractivity contribution is -0.142. The second-order valence-corrected chi connectivity index (χ2v) is 3.39. The topological polar surface area (TPSA) is 75.6 Å². The van der Waals surface area contributed by atoms with Crippen LogP contribution in [0.15, 0.2) is 0 Å². The lowest BCUT2D eigenvalue weighted by Gasteiger charge is -2.13. The summed E-state index contributed by atoms with van der Waals surface area (Å²) in [5.74, 6) is -1.38. The molecule has 1 atom stereocenters. The Morgan fingerprint density at radius 2 is 2.07 bits per heavy atom. The zero-order valence-corrected chi connectivity index (χ0v) is 9.28. The molecule has 0 heterocycles. The van der Waals surface area contributed by atoms with Crippen LogP contribution in [-0.4, -0.2) is 36.7 Å². The highest BCUT2D eigenvalue weighted by molar-refractivity contribution is 5.84. The Morgan fingerprint density at radius 3 is 2.53 bits per heavy atom. The van der Waals surface area contributed by atoms with E-state index < -0.39 is 12.0 Å². The van der Waals surface area contributed by atoms with Gasteiger partial charge in [0.1, 0.15) is 12.6 Å². The molecule has 0 saturated carbocycles. The fourth-order valence-electron chi connectivity index (χ4n) is 1.22. The monoisotopic (exact) mass is 217 g/mol. The van der Waals surface area contributed by atoms with Crippen LogP contribution in [0, 0.1) is 0 Å². The van der Waals surface area contributed by atoms with E-state index in [1.54, 1.807) is 0 Å². The van der Waals surface area contributed by atoms with Crippen LogP contribution in [0.4, 0.5) is 0 Å². The van der Waals surface area contributed by atoms with Gasteiger partial charge < -0.3 is 15.2 Å². The first kappa shape index (κ1) is 13.9. The summed E-state index contributed by atoms with van der Waals surface area (Å²) < 4.78 is 4.60. The Balaban J connectivity index is 3.93. The van der Waals surface area contributed by atoms with E-state index in [9.17, 15) is 9.59 Å². The smallest absolute Gasteiger partial charge is 0.326 e. The third kappa shape index (κ3) is 6.90. The molecular weight excluding hydrogens is 198 g/mol. The van der Waals surface area contributed by atoms with Gasteiger partial charge >= 0.3 is 5.97 Å². The van der Waals surface area contributed by atoms with Crippen LogP contribution in [0.5, 0.6) is 0 Å². The van der Waals surface area contributed by atoms with Crippen molar-refractivity contribution < 1.29 is 19.4 Å². The molecule has 0 bridgehead atoms. The average molecular weight is 217 g/mol. The van der Waals surface area contributed by atoms with Crippen LogP contribution < -0.4 is 5.32 Å². The minimum atomic E-state index is -0.990. The highest BCUT2D eigenvalue weighted by Crippen LogP contribution is 2.03. The van der Waals surface area contributed by atoms with E-state index in [0.29, 0.717) is 6.42 Å². The van der Waals surface area contributed by atoms with Gasteiger partial charge in [-0.25, -0.2) is 4.79 Å². The summed E-state index contributed by atoms with van der Waals surface area (Å²) in [5.41, 5.74) is 0. The summed E-state index contributed by atoms with van der Waals surface area (Å²) >= 11 is 0. The maximum atomic E-state index is 11.1. The highest BCUT2D eigenvalue weighted by Gasteiger charge is 2.18.